The lowest BCUT2D eigenvalue weighted by Crippen LogP contribution is -2.20. The van der Waals surface area contributed by atoms with Crippen molar-refractivity contribution in [2.45, 2.75) is 49.3 Å². The van der Waals surface area contributed by atoms with Gasteiger partial charge in [-0.2, -0.15) is 5.26 Å². The van der Waals surface area contributed by atoms with Crippen LogP contribution in [-0.4, -0.2) is 18.7 Å². The molecule has 0 N–H and O–H groups in total. The predicted molar refractivity (Wildman–Crippen MR) is 77.4 cm³/mol. The number of aromatic nitrogens is 1. The Hall–Kier alpha value is -1.85. The number of unbranched alkanes of at least 4 members (excludes halogenated alkanes) is 2. The average Bonchev–Trinajstić information content (AvgIpc) is 2.46. The topological polar surface area (TPSA) is 70.8 Å². The minimum absolute atomic E-state index is 0.0739. The van der Waals surface area contributed by atoms with Crippen LogP contribution < -0.4 is 0 Å². The second kappa shape index (κ2) is 8.35. The van der Waals surface area contributed by atoms with Gasteiger partial charge in [0.25, 0.3) is 0 Å². The third kappa shape index (κ3) is 4.68. The summed E-state index contributed by atoms with van der Waals surface area (Å²) in [6, 6.07) is 6.87. The summed E-state index contributed by atoms with van der Waals surface area (Å²) in [5, 5.41) is 7.79. The number of hydrogen-bond donors (Lipinski definition) is 0. The van der Waals surface area contributed by atoms with E-state index in [0.717, 1.165) is 6.42 Å². The predicted octanol–water partition coefficient (Wildman–Crippen LogP) is 2.72. The second-order valence-corrected chi connectivity index (χ2v) is 6.40. The van der Waals surface area contributed by atoms with E-state index in [-0.39, 0.29) is 5.03 Å². The van der Waals surface area contributed by atoms with E-state index in [4.69, 9.17) is 5.26 Å². The molecule has 20 heavy (non-hydrogen) atoms. The Morgan fingerprint density at radius 2 is 2.15 bits per heavy atom. The van der Waals surface area contributed by atoms with Crippen LogP contribution in [0.4, 0.5) is 0 Å². The van der Waals surface area contributed by atoms with Crippen LogP contribution in [0.3, 0.4) is 0 Å². The summed E-state index contributed by atoms with van der Waals surface area (Å²) in [6.45, 7) is 1.93. The van der Waals surface area contributed by atoms with E-state index in [1.54, 1.807) is 12.1 Å². The van der Waals surface area contributed by atoms with Crippen molar-refractivity contribution in [3.05, 3.63) is 24.4 Å². The fourth-order valence-corrected chi connectivity index (χ4v) is 3.22. The van der Waals surface area contributed by atoms with E-state index in [9.17, 15) is 8.42 Å². The van der Waals surface area contributed by atoms with Crippen LogP contribution in [0.1, 0.15) is 39.0 Å². The third-order valence-corrected chi connectivity index (χ3v) is 4.64. The Bertz CT molecular complexity index is 607. The van der Waals surface area contributed by atoms with E-state index in [0.29, 0.717) is 25.7 Å². The zero-order valence-corrected chi connectivity index (χ0v) is 12.4. The van der Waals surface area contributed by atoms with Crippen LogP contribution in [0.15, 0.2) is 29.4 Å². The lowest BCUT2D eigenvalue weighted by atomic mass is 10.2. The molecule has 1 unspecified atom stereocenters. The molecule has 1 aromatic rings. The first kappa shape index (κ1) is 16.2. The summed E-state index contributed by atoms with van der Waals surface area (Å²) in [4.78, 5) is 3.91. The average molecular weight is 290 g/mol. The number of sulfone groups is 1. The van der Waals surface area contributed by atoms with E-state index < -0.39 is 15.1 Å². The highest BCUT2D eigenvalue weighted by Crippen LogP contribution is 2.16. The SMILES string of the molecule is CCCC(C#CCCCC#N)S(=O)(=O)c1ccccn1. The molecule has 0 aliphatic carbocycles. The molecule has 0 saturated heterocycles. The Morgan fingerprint density at radius 3 is 2.75 bits per heavy atom. The highest BCUT2D eigenvalue weighted by molar-refractivity contribution is 7.92. The van der Waals surface area contributed by atoms with Crippen LogP contribution in [0.2, 0.25) is 0 Å². The van der Waals surface area contributed by atoms with E-state index >= 15 is 0 Å². The highest BCUT2D eigenvalue weighted by Gasteiger charge is 2.25. The van der Waals surface area contributed by atoms with Crippen LogP contribution >= 0.6 is 0 Å². The standard InChI is InChI=1S/C15H18N2O2S/c1-2-9-14(10-5-3-4-7-12-16)20(18,19)15-11-6-8-13-17-15/h6,8,11,13-14H,2-4,7,9H2,1H3. The summed E-state index contributed by atoms with van der Waals surface area (Å²) in [5.41, 5.74) is 0. The maximum absolute atomic E-state index is 12.4. The zero-order valence-electron chi connectivity index (χ0n) is 11.5. The smallest absolute Gasteiger partial charge is 0.209 e. The normalized spacial score (nSPS) is 12.0. The maximum atomic E-state index is 12.4. The van der Waals surface area contributed by atoms with Crippen LogP contribution in [-0.2, 0) is 9.84 Å². The van der Waals surface area contributed by atoms with Crippen LogP contribution in [0.25, 0.3) is 0 Å². The molecule has 1 aromatic heterocycles. The molecule has 0 spiro atoms. The van der Waals surface area contributed by atoms with Gasteiger partial charge in [0.1, 0.15) is 5.25 Å². The number of rotatable bonds is 6. The minimum atomic E-state index is -3.51. The van der Waals surface area contributed by atoms with E-state index in [1.807, 2.05) is 13.0 Å². The molecule has 1 rings (SSSR count). The van der Waals surface area contributed by atoms with Gasteiger partial charge in [0, 0.05) is 19.0 Å². The number of nitrogens with zero attached hydrogens (tertiary/aromatic N) is 2. The van der Waals surface area contributed by atoms with Crippen LogP contribution in [0, 0.1) is 23.2 Å². The molecular weight excluding hydrogens is 272 g/mol. The van der Waals surface area contributed by atoms with Gasteiger partial charge in [-0.1, -0.05) is 25.3 Å². The first-order chi connectivity index (χ1) is 9.62. The summed E-state index contributed by atoms with van der Waals surface area (Å²) in [7, 11) is -3.51. The van der Waals surface area contributed by atoms with Crippen molar-refractivity contribution in [1.82, 2.24) is 4.98 Å². The first-order valence-corrected chi connectivity index (χ1v) is 8.17. The molecule has 0 amide bonds. The van der Waals surface area contributed by atoms with Gasteiger partial charge < -0.3 is 0 Å². The molecule has 1 atom stereocenters. The van der Waals surface area contributed by atoms with Gasteiger partial charge in [0.05, 0.1) is 6.07 Å². The van der Waals surface area contributed by atoms with Crippen molar-refractivity contribution in [3.8, 4) is 17.9 Å². The van der Waals surface area contributed by atoms with Gasteiger partial charge in [-0.15, -0.1) is 5.92 Å². The Morgan fingerprint density at radius 1 is 1.35 bits per heavy atom. The van der Waals surface area contributed by atoms with Gasteiger partial charge >= 0.3 is 0 Å². The summed E-state index contributed by atoms with van der Waals surface area (Å²) in [6.07, 6.45) is 4.36. The molecular formula is C15H18N2O2S. The lowest BCUT2D eigenvalue weighted by molar-refractivity contribution is 0.580. The Balaban J connectivity index is 2.88. The maximum Gasteiger partial charge on any atom is 0.209 e. The van der Waals surface area contributed by atoms with Crippen molar-refractivity contribution in [3.63, 3.8) is 0 Å². The fraction of sp³-hybridized carbons (Fsp3) is 0.467. The second-order valence-electron chi connectivity index (χ2n) is 4.32. The molecule has 0 radical (unpaired) electrons. The zero-order chi connectivity index (χ0) is 14.8. The molecule has 0 aliphatic rings. The van der Waals surface area contributed by atoms with Gasteiger partial charge in [-0.3, -0.25) is 0 Å². The number of nitriles is 1. The summed E-state index contributed by atoms with van der Waals surface area (Å²) in [5.74, 6) is 5.70. The van der Waals surface area contributed by atoms with Crippen molar-refractivity contribution >= 4 is 9.84 Å². The molecule has 106 valence electrons. The summed E-state index contributed by atoms with van der Waals surface area (Å²) >= 11 is 0. The molecule has 0 bridgehead atoms. The lowest BCUT2D eigenvalue weighted by Gasteiger charge is -2.10. The molecule has 4 nitrogen and oxygen atoms in total. The van der Waals surface area contributed by atoms with Crippen LogP contribution in [0.5, 0.6) is 0 Å². The largest absolute Gasteiger partial charge is 0.245 e. The van der Waals surface area contributed by atoms with Gasteiger partial charge in [0.2, 0.25) is 9.84 Å². The van der Waals surface area contributed by atoms with E-state index in [2.05, 4.69) is 16.8 Å². The molecule has 0 aliphatic heterocycles. The molecule has 1 heterocycles. The van der Waals surface area contributed by atoms with Crippen molar-refractivity contribution < 1.29 is 8.42 Å². The van der Waals surface area contributed by atoms with Crippen molar-refractivity contribution in [2.75, 3.05) is 0 Å². The minimum Gasteiger partial charge on any atom is -0.245 e. The number of pyridine rings is 1. The van der Waals surface area contributed by atoms with E-state index in [1.165, 1.54) is 12.3 Å². The molecule has 5 heteroatoms. The van der Waals surface area contributed by atoms with Gasteiger partial charge in [-0.25, -0.2) is 13.4 Å². The Labute approximate surface area is 120 Å². The third-order valence-electron chi connectivity index (χ3n) is 2.71. The quantitative estimate of drug-likeness (QED) is 0.596. The monoisotopic (exact) mass is 290 g/mol. The molecule has 0 fully saturated rings. The van der Waals surface area contributed by atoms with Crippen molar-refractivity contribution in [1.29, 1.82) is 5.26 Å². The highest BCUT2D eigenvalue weighted by atomic mass is 32.2. The first-order valence-electron chi connectivity index (χ1n) is 6.63. The summed E-state index contributed by atoms with van der Waals surface area (Å²) < 4.78 is 24.8. The van der Waals surface area contributed by atoms with Gasteiger partial charge in [0.15, 0.2) is 5.03 Å². The Kier molecular flexibility index (Phi) is 6.76. The molecule has 0 saturated carbocycles. The molecule has 0 aromatic carbocycles. The number of hydrogen-bond acceptors (Lipinski definition) is 4. The fourth-order valence-electron chi connectivity index (χ4n) is 1.67. The van der Waals surface area contributed by atoms with Crippen molar-refractivity contribution in [2.24, 2.45) is 0 Å². The van der Waals surface area contributed by atoms with Gasteiger partial charge in [-0.05, 0) is 25.0 Å².